The number of methoxy groups -OCH3 is 2. The van der Waals surface area contributed by atoms with Crippen LogP contribution in [0, 0.1) is 0 Å². The van der Waals surface area contributed by atoms with Gasteiger partial charge < -0.3 is 9.47 Å². The van der Waals surface area contributed by atoms with E-state index in [9.17, 15) is 0 Å². The summed E-state index contributed by atoms with van der Waals surface area (Å²) in [5, 5.41) is 0. The van der Waals surface area contributed by atoms with Gasteiger partial charge >= 0.3 is 0 Å². The Morgan fingerprint density at radius 3 is 2.41 bits per heavy atom. The third kappa shape index (κ3) is 2.09. The van der Waals surface area contributed by atoms with Crippen LogP contribution in [-0.4, -0.2) is 20.5 Å². The summed E-state index contributed by atoms with van der Waals surface area (Å²) in [6.07, 6.45) is -0.991. The first-order chi connectivity index (χ1) is 8.11. The molecule has 4 heteroatoms. The minimum atomic E-state index is -0.523. The first kappa shape index (κ1) is 12.5. The zero-order chi connectivity index (χ0) is 12.5. The van der Waals surface area contributed by atoms with E-state index in [1.165, 1.54) is 0 Å². The van der Waals surface area contributed by atoms with Crippen LogP contribution in [-0.2, 0) is 24.7 Å². The maximum atomic E-state index is 5.33. The predicted molar refractivity (Wildman–Crippen MR) is 62.2 cm³/mol. The maximum absolute atomic E-state index is 5.33. The summed E-state index contributed by atoms with van der Waals surface area (Å²) in [4.78, 5) is 10.6. The summed E-state index contributed by atoms with van der Waals surface area (Å²) in [6.45, 7) is 4.11. The van der Waals surface area contributed by atoms with Crippen molar-refractivity contribution in [2.45, 2.75) is 31.8 Å². The highest BCUT2D eigenvalue weighted by atomic mass is 17.2. The van der Waals surface area contributed by atoms with Crippen molar-refractivity contribution in [2.75, 3.05) is 14.2 Å². The number of benzene rings is 1. The molecule has 0 radical (unpaired) electrons. The van der Waals surface area contributed by atoms with Gasteiger partial charge in [0, 0.05) is 25.2 Å². The molecule has 2 rings (SSSR count). The van der Waals surface area contributed by atoms with E-state index in [1.807, 2.05) is 24.3 Å². The van der Waals surface area contributed by atoms with E-state index in [2.05, 4.69) is 13.8 Å². The molecule has 0 bridgehead atoms. The van der Waals surface area contributed by atoms with Crippen LogP contribution in [0.3, 0.4) is 0 Å². The Hall–Kier alpha value is -0.940. The van der Waals surface area contributed by atoms with Crippen LogP contribution in [0.2, 0.25) is 0 Å². The number of hydrogen-bond donors (Lipinski definition) is 0. The Labute approximate surface area is 101 Å². The molecular formula is C13H18O4. The Kier molecular flexibility index (Phi) is 3.49. The average Bonchev–Trinajstić information content (AvgIpc) is 2.44. The molecule has 2 atom stereocenters. The lowest BCUT2D eigenvalue weighted by Gasteiger charge is -2.30. The second kappa shape index (κ2) is 4.74. The summed E-state index contributed by atoms with van der Waals surface area (Å²) in [7, 11) is 3.19. The molecule has 0 spiro atoms. The molecule has 1 aliphatic rings. The lowest BCUT2D eigenvalue weighted by Crippen LogP contribution is -2.36. The molecule has 0 fully saturated rings. The average molecular weight is 238 g/mol. The summed E-state index contributed by atoms with van der Waals surface area (Å²) in [5.41, 5.74) is 1.77. The van der Waals surface area contributed by atoms with E-state index in [0.717, 1.165) is 11.1 Å². The highest BCUT2D eigenvalue weighted by molar-refractivity contribution is 5.35. The van der Waals surface area contributed by atoms with Crippen LogP contribution < -0.4 is 0 Å². The van der Waals surface area contributed by atoms with Crippen LogP contribution in [0.1, 0.15) is 31.3 Å². The highest BCUT2D eigenvalue weighted by Crippen LogP contribution is 2.39. The molecule has 0 amide bonds. The van der Waals surface area contributed by atoms with Crippen molar-refractivity contribution in [1.82, 2.24) is 0 Å². The van der Waals surface area contributed by atoms with Gasteiger partial charge in [0.1, 0.15) is 0 Å². The highest BCUT2D eigenvalue weighted by Gasteiger charge is 2.40. The minimum Gasteiger partial charge on any atom is -0.352 e. The second-order valence-corrected chi connectivity index (χ2v) is 4.64. The van der Waals surface area contributed by atoms with E-state index in [-0.39, 0.29) is 5.41 Å². The number of hydrogen-bond acceptors (Lipinski definition) is 4. The molecule has 1 aromatic carbocycles. The number of rotatable bonds is 2. The molecule has 0 saturated heterocycles. The van der Waals surface area contributed by atoms with Gasteiger partial charge in [-0.1, -0.05) is 38.1 Å². The first-order valence-electron chi connectivity index (χ1n) is 5.58. The van der Waals surface area contributed by atoms with Crippen LogP contribution in [0.15, 0.2) is 24.3 Å². The Morgan fingerprint density at radius 1 is 1.06 bits per heavy atom. The summed E-state index contributed by atoms with van der Waals surface area (Å²) in [6, 6.07) is 7.97. The van der Waals surface area contributed by atoms with Crippen LogP contribution in [0.4, 0.5) is 0 Å². The van der Waals surface area contributed by atoms with Gasteiger partial charge in [0.25, 0.3) is 0 Å². The van der Waals surface area contributed by atoms with E-state index in [0.29, 0.717) is 0 Å². The van der Waals surface area contributed by atoms with Gasteiger partial charge in [-0.3, -0.25) is 0 Å². The molecule has 4 nitrogen and oxygen atoms in total. The molecule has 0 aliphatic carbocycles. The van der Waals surface area contributed by atoms with Crippen molar-refractivity contribution in [3.05, 3.63) is 35.4 Å². The molecule has 1 aromatic rings. The Morgan fingerprint density at radius 2 is 1.76 bits per heavy atom. The lowest BCUT2D eigenvalue weighted by molar-refractivity contribution is -0.437. The molecule has 1 aliphatic heterocycles. The quantitative estimate of drug-likeness (QED) is 0.742. The van der Waals surface area contributed by atoms with Crippen molar-refractivity contribution < 1.29 is 19.2 Å². The van der Waals surface area contributed by atoms with Gasteiger partial charge in [0.15, 0.2) is 6.29 Å². The molecule has 0 N–H and O–H groups in total. The molecule has 1 heterocycles. The zero-order valence-corrected chi connectivity index (χ0v) is 10.6. The van der Waals surface area contributed by atoms with Crippen molar-refractivity contribution in [3.8, 4) is 0 Å². The maximum Gasteiger partial charge on any atom is 0.217 e. The zero-order valence-electron chi connectivity index (χ0n) is 10.6. The van der Waals surface area contributed by atoms with Crippen LogP contribution >= 0.6 is 0 Å². The Balaban J connectivity index is 2.52. The van der Waals surface area contributed by atoms with E-state index < -0.39 is 12.6 Å². The van der Waals surface area contributed by atoms with Gasteiger partial charge in [-0.15, -0.1) is 0 Å². The van der Waals surface area contributed by atoms with E-state index >= 15 is 0 Å². The van der Waals surface area contributed by atoms with Crippen molar-refractivity contribution >= 4 is 0 Å². The fraction of sp³-hybridized carbons (Fsp3) is 0.538. The largest absolute Gasteiger partial charge is 0.352 e. The molecule has 2 unspecified atom stereocenters. The Bertz CT molecular complexity index is 389. The number of fused-ring (bicyclic) bond motifs is 1. The third-order valence-electron chi connectivity index (χ3n) is 3.16. The molecule has 0 saturated carbocycles. The standard InChI is InChI=1S/C13H18O4/c1-13(2)10-8-6-5-7-9(10)11(14-3)16-17-12(13)15-4/h5-8,11-12H,1-4H3. The molecule has 17 heavy (non-hydrogen) atoms. The van der Waals surface area contributed by atoms with Gasteiger partial charge in [-0.2, -0.15) is 4.89 Å². The minimum absolute atomic E-state index is 0.307. The van der Waals surface area contributed by atoms with Crippen molar-refractivity contribution in [3.63, 3.8) is 0 Å². The first-order valence-corrected chi connectivity index (χ1v) is 5.58. The lowest BCUT2D eigenvalue weighted by atomic mass is 9.81. The van der Waals surface area contributed by atoms with Crippen LogP contribution in [0.5, 0.6) is 0 Å². The smallest absolute Gasteiger partial charge is 0.217 e. The molecule has 94 valence electrons. The van der Waals surface area contributed by atoms with Gasteiger partial charge in [-0.05, 0) is 5.56 Å². The second-order valence-electron chi connectivity index (χ2n) is 4.64. The molecule has 0 aromatic heterocycles. The number of ether oxygens (including phenoxy) is 2. The van der Waals surface area contributed by atoms with E-state index in [4.69, 9.17) is 19.2 Å². The predicted octanol–water partition coefficient (Wildman–Crippen LogP) is 2.54. The van der Waals surface area contributed by atoms with Gasteiger partial charge in [0.05, 0.1) is 0 Å². The normalized spacial score (nSPS) is 27.3. The third-order valence-corrected chi connectivity index (χ3v) is 3.16. The van der Waals surface area contributed by atoms with Crippen molar-refractivity contribution in [2.24, 2.45) is 0 Å². The van der Waals surface area contributed by atoms with Gasteiger partial charge in [-0.25, -0.2) is 4.89 Å². The monoisotopic (exact) mass is 238 g/mol. The van der Waals surface area contributed by atoms with Crippen LogP contribution in [0.25, 0.3) is 0 Å². The van der Waals surface area contributed by atoms with E-state index in [1.54, 1.807) is 14.2 Å². The fourth-order valence-electron chi connectivity index (χ4n) is 2.19. The summed E-state index contributed by atoms with van der Waals surface area (Å²) in [5.74, 6) is 0. The SMILES string of the molecule is COC1OOC(OC)C(C)(C)c2ccccc21. The fourth-order valence-corrected chi connectivity index (χ4v) is 2.19. The topological polar surface area (TPSA) is 36.9 Å². The van der Waals surface area contributed by atoms with Crippen molar-refractivity contribution in [1.29, 1.82) is 0 Å². The van der Waals surface area contributed by atoms with Gasteiger partial charge in [0.2, 0.25) is 6.29 Å². The summed E-state index contributed by atoms with van der Waals surface area (Å²) >= 11 is 0. The molecular weight excluding hydrogens is 220 g/mol. The summed E-state index contributed by atoms with van der Waals surface area (Å²) < 4.78 is 10.6.